The zero-order valence-corrected chi connectivity index (χ0v) is 53.5. The number of aliphatic imine (C=N–C) groups is 1. The van der Waals surface area contributed by atoms with Crippen molar-refractivity contribution >= 4 is 110 Å². The second kappa shape index (κ2) is 37.4. The van der Waals surface area contributed by atoms with Crippen LogP contribution in [0.3, 0.4) is 0 Å². The van der Waals surface area contributed by atoms with E-state index in [2.05, 4.69) is 42.2 Å². The van der Waals surface area contributed by atoms with Crippen molar-refractivity contribution in [3.8, 4) is 5.75 Å². The molecule has 3 aliphatic rings. The van der Waals surface area contributed by atoms with Crippen LogP contribution in [0.5, 0.6) is 5.75 Å². The van der Waals surface area contributed by atoms with Crippen LogP contribution < -0.4 is 60.2 Å². The molecule has 16 N–H and O–H groups in total. The lowest BCUT2D eigenvalue weighted by atomic mass is 9.98. The van der Waals surface area contributed by atoms with Gasteiger partial charge in [0.2, 0.25) is 59.1 Å². The Labute approximate surface area is 547 Å². The highest BCUT2D eigenvalue weighted by Gasteiger charge is 2.53. The third-order valence-corrected chi connectivity index (χ3v) is 16.6. The van der Waals surface area contributed by atoms with E-state index in [1.165, 1.54) is 24.3 Å². The summed E-state index contributed by atoms with van der Waals surface area (Å²) in [5.41, 5.74) is 22.7. The molecule has 0 aliphatic carbocycles. The normalized spacial score (nSPS) is 24.3. The van der Waals surface area contributed by atoms with E-state index in [1.807, 2.05) is 0 Å². The van der Waals surface area contributed by atoms with Crippen LogP contribution in [-0.4, -0.2) is 216 Å². The van der Waals surface area contributed by atoms with Crippen molar-refractivity contribution in [3.63, 3.8) is 0 Å². The van der Waals surface area contributed by atoms with Crippen molar-refractivity contribution in [2.75, 3.05) is 44.4 Å². The second-order valence-electron chi connectivity index (χ2n) is 21.7. The summed E-state index contributed by atoms with van der Waals surface area (Å²) in [7, 11) is 2.06. The van der Waals surface area contributed by atoms with Gasteiger partial charge in [-0.2, -0.15) is 0 Å². The minimum absolute atomic E-state index is 0.0381. The number of hydrogen-bond acceptors (Lipinski definition) is 24. The number of amides is 10. The van der Waals surface area contributed by atoms with Gasteiger partial charge in [-0.3, -0.25) is 72.1 Å². The predicted octanol–water partition coefficient (Wildman–Crippen LogP) is -4.51. The average molecular weight is 1360 g/mol. The Balaban J connectivity index is 1.59. The Morgan fingerprint density at radius 3 is 1.89 bits per heavy atom. The Bertz CT molecular complexity index is 3090. The monoisotopic (exact) mass is 1360 g/mol. The second-order valence-corrected chi connectivity index (χ2v) is 24.4. The molecule has 3 heterocycles. The molecular weight excluding hydrogens is 1280 g/mol. The highest BCUT2D eigenvalue weighted by Crippen LogP contribution is 2.31. The highest BCUT2D eigenvalue weighted by atomic mass is 33.1. The van der Waals surface area contributed by atoms with Crippen LogP contribution in [0, 0.1) is 0 Å². The average Bonchev–Trinajstić information content (AvgIpc) is 1.10. The number of esters is 4. The van der Waals surface area contributed by atoms with Gasteiger partial charge in [0.15, 0.2) is 30.6 Å². The maximum absolute atomic E-state index is 15.0. The minimum atomic E-state index is -2.07. The van der Waals surface area contributed by atoms with Gasteiger partial charge < -0.3 is 98.6 Å². The van der Waals surface area contributed by atoms with Crippen molar-refractivity contribution < 1.29 is 101 Å². The van der Waals surface area contributed by atoms with E-state index >= 15 is 9.59 Å². The fraction of sp³-hybridized carbons (Fsp3) is 0.534. The third-order valence-electron chi connectivity index (χ3n) is 14.2. The van der Waals surface area contributed by atoms with Crippen LogP contribution in [-0.2, 0) is 108 Å². The number of ether oxygens (including phenoxy) is 6. The van der Waals surface area contributed by atoms with Crippen LogP contribution in [0.15, 0.2) is 59.6 Å². The van der Waals surface area contributed by atoms with E-state index in [-0.39, 0.29) is 81.3 Å². The molecule has 34 nitrogen and oxygen atoms in total. The third kappa shape index (κ3) is 25.0. The molecule has 0 spiro atoms. The summed E-state index contributed by atoms with van der Waals surface area (Å²) in [6.45, 7) is 1.60. The number of phenolic OH excluding ortho intramolecular Hbond substituents is 1. The van der Waals surface area contributed by atoms with Crippen LogP contribution in [0.1, 0.15) is 77.3 Å². The number of phenols is 1. The molecule has 514 valence electrons. The molecule has 2 aromatic rings. The molecule has 0 bridgehead atoms. The molecule has 3 saturated heterocycles. The number of nitrogens with two attached hydrogens (primary N) is 4. The van der Waals surface area contributed by atoms with E-state index in [0.717, 1.165) is 54.2 Å². The Morgan fingerprint density at radius 2 is 1.28 bits per heavy atom. The Hall–Kier alpha value is -9.29. The molecule has 10 amide bonds. The van der Waals surface area contributed by atoms with Gasteiger partial charge in [0.05, 0.1) is 19.6 Å². The van der Waals surface area contributed by atoms with Crippen molar-refractivity contribution in [2.45, 2.75) is 152 Å². The number of likely N-dealkylation sites (tertiary alicyclic amines) is 1. The molecule has 36 heteroatoms. The van der Waals surface area contributed by atoms with Gasteiger partial charge in [-0.05, 0) is 48.9 Å². The highest BCUT2D eigenvalue weighted by molar-refractivity contribution is 8.76. The molecule has 12 atom stereocenters. The van der Waals surface area contributed by atoms with Crippen molar-refractivity contribution in [2.24, 2.45) is 27.9 Å². The molecule has 3 fully saturated rings. The van der Waals surface area contributed by atoms with E-state index in [0.29, 0.717) is 11.1 Å². The van der Waals surface area contributed by atoms with Gasteiger partial charge >= 0.3 is 23.9 Å². The molecule has 0 saturated carbocycles. The van der Waals surface area contributed by atoms with Crippen molar-refractivity contribution in [1.29, 1.82) is 0 Å². The first-order valence-electron chi connectivity index (χ1n) is 29.6. The zero-order valence-electron chi connectivity index (χ0n) is 51.9. The first kappa shape index (κ1) is 75.4. The fourth-order valence-electron chi connectivity index (χ4n) is 9.92. The van der Waals surface area contributed by atoms with E-state index < -0.39 is 182 Å². The van der Waals surface area contributed by atoms with E-state index in [9.17, 15) is 62.6 Å². The van der Waals surface area contributed by atoms with Crippen LogP contribution in [0.25, 0.3) is 0 Å². The smallest absolute Gasteiger partial charge is 0.303 e. The summed E-state index contributed by atoms with van der Waals surface area (Å²) >= 11 is 0. The summed E-state index contributed by atoms with van der Waals surface area (Å²) in [6.07, 6.45) is -10.1. The largest absolute Gasteiger partial charge is 0.508 e. The van der Waals surface area contributed by atoms with Crippen LogP contribution >= 0.6 is 21.6 Å². The number of carbonyl (C=O) groups excluding carboxylic acids is 14. The van der Waals surface area contributed by atoms with E-state index in [1.54, 1.807) is 30.3 Å². The van der Waals surface area contributed by atoms with Crippen LogP contribution in [0.4, 0.5) is 0 Å². The van der Waals surface area contributed by atoms with Gasteiger partial charge in [-0.25, -0.2) is 0 Å². The van der Waals surface area contributed by atoms with Gasteiger partial charge in [0.1, 0.15) is 60.8 Å². The number of rotatable bonds is 24. The molecule has 0 radical (unpaired) electrons. The molecule has 2 aromatic carbocycles. The molecule has 0 unspecified atom stereocenters. The predicted molar refractivity (Wildman–Crippen MR) is 332 cm³/mol. The first-order chi connectivity index (χ1) is 44.6. The molecule has 5 rings (SSSR count). The number of carbonyl (C=O) groups is 14. The van der Waals surface area contributed by atoms with Gasteiger partial charge in [-0.15, -0.1) is 0 Å². The van der Waals surface area contributed by atoms with Gasteiger partial charge in [0, 0.05) is 71.6 Å². The summed E-state index contributed by atoms with van der Waals surface area (Å²) in [5, 5.41) is 27.8. The maximum atomic E-state index is 15.0. The Kier molecular flexibility index (Phi) is 30.0. The molecular formula is C58H79N13O21S2. The number of benzene rings is 2. The number of nitrogens with one attached hydrogen (secondary N) is 7. The number of hydrogen-bond donors (Lipinski definition) is 12. The fourth-order valence-corrected chi connectivity index (χ4v) is 12.1. The summed E-state index contributed by atoms with van der Waals surface area (Å²) in [4.78, 5) is 195. The van der Waals surface area contributed by atoms with Gasteiger partial charge in [-0.1, -0.05) is 64.1 Å². The number of aromatic hydroxyl groups is 1. The molecule has 0 aromatic heterocycles. The minimum Gasteiger partial charge on any atom is -0.508 e. The quantitative estimate of drug-likeness (QED) is 0.0118. The number of nitrogens with zero attached hydrogens (tertiary/aromatic N) is 2. The maximum Gasteiger partial charge on any atom is 0.303 e. The first-order valence-corrected chi connectivity index (χ1v) is 32.1. The van der Waals surface area contributed by atoms with Gasteiger partial charge in [0.25, 0.3) is 0 Å². The van der Waals surface area contributed by atoms with Crippen molar-refractivity contribution in [1.82, 2.24) is 42.1 Å². The number of guanidine groups is 1. The lowest BCUT2D eigenvalue weighted by Gasteiger charge is -2.44. The Morgan fingerprint density at radius 1 is 0.691 bits per heavy atom. The topological polar surface area (TPSA) is 518 Å². The van der Waals surface area contributed by atoms with E-state index in [4.69, 9.17) is 51.4 Å². The summed E-state index contributed by atoms with van der Waals surface area (Å²) < 4.78 is 33.9. The summed E-state index contributed by atoms with van der Waals surface area (Å²) in [5.74, 6) is -14.2. The summed E-state index contributed by atoms with van der Waals surface area (Å²) in [6, 6.07) is 2.68. The van der Waals surface area contributed by atoms with Crippen molar-refractivity contribution in [3.05, 3.63) is 65.7 Å². The van der Waals surface area contributed by atoms with Crippen LogP contribution in [0.2, 0.25) is 0 Å². The number of primary amides is 2. The lowest BCUT2D eigenvalue weighted by molar-refractivity contribution is -0.308. The molecule has 94 heavy (non-hydrogen) atoms. The lowest BCUT2D eigenvalue weighted by Crippen LogP contribution is -2.64. The standard InChI is InChI=1S/C58H79N13O21S2/c1-29(72)87-27-43-47(89-30(2)73)48(90-31(3)74)49(91-32(4)75)57(92-43)88-26-40-54(84)68-39(24-44(59)77)53(83)70-41(56(86)71-20-9-13-42(71)55(85)66-36(12-8-19-63-58(61)62)50(80)64-25-45(60)78)28-94-93-21-18-46(79)65-37(23-34-14-16-35(76)17-15-34)51(81)67-38(52(82)69-40)22-33-10-6-5-7-11-33/h5-7,10-11,14-17,36-43,47-49,57,76H,8-9,12-13,18-28H2,1-4H3,(H2,59,77)(H2,60,78)(H,64,80)(H,65,79)(H,66,85)(H,67,81)(H,68,84)(H,69,82)(H,70,83)(H4,61,62,63)/t36-,37-,38+,39+,40+,41+,42+,43-,47+,48+,49-,57-/m1/s1. The molecule has 3 aliphatic heterocycles. The SMILES string of the molecule is CC(=O)OC[C@H]1O[C@@H](OC[C@@H]2NC(=O)[C@H](Cc3ccccc3)NC(=O)[C@@H](Cc3ccc(O)cc3)NC(=O)CCSSC[C@@H](C(=O)N3CCC[C@H]3C(=O)N[C@H](CCCN=C(N)N)C(=O)NCC(N)=O)NC(=O)[C@H](CC(N)=O)NC2=O)[C@H](OC(C)=O)[C@@H](OC(C)=O)[C@H]1OC(C)=O. The zero-order chi connectivity index (χ0) is 69.2.